The summed E-state index contributed by atoms with van der Waals surface area (Å²) in [5, 5.41) is 5.65. The molecule has 0 saturated carbocycles. The smallest absolute Gasteiger partial charge is 0.267 e. The molecule has 0 radical (unpaired) electrons. The molecule has 144 valence electrons. The Morgan fingerprint density at radius 3 is 2.85 bits per heavy atom. The van der Waals surface area contributed by atoms with Crippen LogP contribution in [0.15, 0.2) is 36.7 Å². The number of pyridine rings is 1. The van der Waals surface area contributed by atoms with E-state index in [2.05, 4.69) is 20.5 Å². The first kappa shape index (κ1) is 19.1. The van der Waals surface area contributed by atoms with Gasteiger partial charge in [0.05, 0.1) is 12.6 Å². The Hall–Kier alpha value is -2.67. The lowest BCUT2D eigenvalue weighted by Crippen LogP contribution is -2.42. The van der Waals surface area contributed by atoms with Crippen molar-refractivity contribution in [1.82, 2.24) is 25.1 Å². The van der Waals surface area contributed by atoms with E-state index in [-0.39, 0.29) is 17.9 Å². The minimum Gasteiger partial charge on any atom is -0.354 e. The van der Waals surface area contributed by atoms with Crippen molar-refractivity contribution in [3.05, 3.63) is 53.6 Å². The number of nitrogens with zero attached hydrogens (tertiary/aromatic N) is 3. The third-order valence-electron chi connectivity index (χ3n) is 5.13. The molecule has 2 aromatic heterocycles. The number of nitrogens with one attached hydrogen (secondary N) is 2. The van der Waals surface area contributed by atoms with E-state index in [1.807, 2.05) is 35.9 Å². The maximum Gasteiger partial charge on any atom is 0.267 e. The zero-order valence-corrected chi connectivity index (χ0v) is 15.9. The van der Waals surface area contributed by atoms with Crippen molar-refractivity contribution in [1.29, 1.82) is 0 Å². The van der Waals surface area contributed by atoms with Crippen LogP contribution < -0.4 is 10.6 Å². The van der Waals surface area contributed by atoms with Gasteiger partial charge in [0.15, 0.2) is 0 Å². The highest BCUT2D eigenvalue weighted by Gasteiger charge is 2.28. The van der Waals surface area contributed by atoms with E-state index in [0.717, 1.165) is 37.1 Å². The van der Waals surface area contributed by atoms with E-state index < -0.39 is 0 Å². The van der Waals surface area contributed by atoms with Gasteiger partial charge in [-0.25, -0.2) is 0 Å². The molecule has 0 spiro atoms. The van der Waals surface area contributed by atoms with Crippen LogP contribution in [0, 0.1) is 0 Å². The summed E-state index contributed by atoms with van der Waals surface area (Å²) in [6, 6.07) is 7.80. The molecule has 1 aliphatic heterocycles. The first-order chi connectivity index (χ1) is 13.1. The summed E-state index contributed by atoms with van der Waals surface area (Å²) in [6.45, 7) is 1.72. The number of likely N-dealkylation sites (tertiary alicyclic amines) is 1. The van der Waals surface area contributed by atoms with Crippen LogP contribution in [0.2, 0.25) is 0 Å². The number of aromatic nitrogens is 2. The Labute approximate surface area is 159 Å². The number of amides is 2. The van der Waals surface area contributed by atoms with Gasteiger partial charge in [0, 0.05) is 38.7 Å². The number of hydrogen-bond acceptors (Lipinski definition) is 4. The molecule has 2 amide bonds. The zero-order chi connectivity index (χ0) is 19.2. The predicted molar refractivity (Wildman–Crippen MR) is 103 cm³/mol. The molecule has 7 heteroatoms. The summed E-state index contributed by atoms with van der Waals surface area (Å²) in [5.41, 5.74) is 2.70. The topological polar surface area (TPSA) is 79.3 Å². The molecular weight excluding hydrogens is 342 g/mol. The first-order valence-corrected chi connectivity index (χ1v) is 9.37. The predicted octanol–water partition coefficient (Wildman–Crippen LogP) is 1.62. The second kappa shape index (κ2) is 8.81. The van der Waals surface area contributed by atoms with Crippen LogP contribution in [0.3, 0.4) is 0 Å². The van der Waals surface area contributed by atoms with Gasteiger partial charge < -0.3 is 15.2 Å². The van der Waals surface area contributed by atoms with Gasteiger partial charge in [0.1, 0.15) is 5.69 Å². The van der Waals surface area contributed by atoms with Crippen LogP contribution in [0.1, 0.15) is 47.1 Å². The maximum absolute atomic E-state index is 12.5. The van der Waals surface area contributed by atoms with Gasteiger partial charge in [-0.3, -0.25) is 19.5 Å². The van der Waals surface area contributed by atoms with E-state index >= 15 is 0 Å². The monoisotopic (exact) mass is 369 g/mol. The van der Waals surface area contributed by atoms with Crippen molar-refractivity contribution in [2.75, 3.05) is 20.1 Å². The van der Waals surface area contributed by atoms with E-state index in [1.165, 1.54) is 0 Å². The molecule has 0 bridgehead atoms. The molecule has 3 rings (SSSR count). The van der Waals surface area contributed by atoms with Crippen molar-refractivity contribution in [2.24, 2.45) is 7.05 Å². The largest absolute Gasteiger partial charge is 0.354 e. The number of hydrogen-bond donors (Lipinski definition) is 2. The van der Waals surface area contributed by atoms with E-state index in [1.54, 1.807) is 19.4 Å². The highest BCUT2D eigenvalue weighted by Crippen LogP contribution is 2.31. The fourth-order valence-corrected chi connectivity index (χ4v) is 3.68. The molecule has 3 heterocycles. The van der Waals surface area contributed by atoms with E-state index in [4.69, 9.17) is 0 Å². The molecule has 27 heavy (non-hydrogen) atoms. The third kappa shape index (κ3) is 4.54. The molecule has 0 aliphatic carbocycles. The summed E-state index contributed by atoms with van der Waals surface area (Å²) >= 11 is 0. The second-order valence-corrected chi connectivity index (χ2v) is 6.90. The van der Waals surface area contributed by atoms with Crippen molar-refractivity contribution in [3.8, 4) is 0 Å². The van der Waals surface area contributed by atoms with Crippen LogP contribution in [-0.4, -0.2) is 46.4 Å². The summed E-state index contributed by atoms with van der Waals surface area (Å²) in [5.74, 6) is -0.0909. The van der Waals surface area contributed by atoms with Gasteiger partial charge in [-0.15, -0.1) is 0 Å². The number of carbonyl (C=O) groups excluding carboxylic acids is 2. The van der Waals surface area contributed by atoms with Gasteiger partial charge in [-0.2, -0.15) is 0 Å². The Morgan fingerprint density at radius 1 is 1.26 bits per heavy atom. The minimum absolute atomic E-state index is 0.00601. The molecule has 2 aromatic rings. The highest BCUT2D eigenvalue weighted by atomic mass is 16.2. The highest BCUT2D eigenvalue weighted by molar-refractivity contribution is 5.92. The van der Waals surface area contributed by atoms with Crippen LogP contribution in [0.25, 0.3) is 0 Å². The van der Waals surface area contributed by atoms with E-state index in [9.17, 15) is 9.59 Å². The summed E-state index contributed by atoms with van der Waals surface area (Å²) in [7, 11) is 3.55. The van der Waals surface area contributed by atoms with Crippen molar-refractivity contribution >= 4 is 11.8 Å². The fourth-order valence-electron chi connectivity index (χ4n) is 3.68. The maximum atomic E-state index is 12.5. The quantitative estimate of drug-likeness (QED) is 0.811. The average molecular weight is 369 g/mol. The first-order valence-electron chi connectivity index (χ1n) is 9.37. The van der Waals surface area contributed by atoms with Gasteiger partial charge >= 0.3 is 0 Å². The van der Waals surface area contributed by atoms with Crippen molar-refractivity contribution < 1.29 is 9.59 Å². The summed E-state index contributed by atoms with van der Waals surface area (Å²) in [4.78, 5) is 30.7. The van der Waals surface area contributed by atoms with Crippen molar-refractivity contribution in [3.63, 3.8) is 0 Å². The average Bonchev–Trinajstić information content (AvgIpc) is 3.08. The molecule has 1 atom stereocenters. The lowest BCUT2D eigenvalue weighted by Gasteiger charge is -2.35. The lowest BCUT2D eigenvalue weighted by atomic mass is 9.99. The number of piperidine rings is 1. The molecule has 2 N–H and O–H groups in total. The van der Waals surface area contributed by atoms with Crippen LogP contribution >= 0.6 is 0 Å². The van der Waals surface area contributed by atoms with Crippen LogP contribution in [0.4, 0.5) is 0 Å². The number of carbonyl (C=O) groups is 2. The van der Waals surface area contributed by atoms with E-state index in [0.29, 0.717) is 18.8 Å². The fraction of sp³-hybridized carbons (Fsp3) is 0.450. The number of rotatable bonds is 6. The molecule has 1 saturated heterocycles. The summed E-state index contributed by atoms with van der Waals surface area (Å²) < 4.78 is 1.94. The second-order valence-electron chi connectivity index (χ2n) is 6.90. The molecule has 1 fully saturated rings. The molecule has 1 aliphatic rings. The van der Waals surface area contributed by atoms with Gasteiger partial charge in [0.2, 0.25) is 5.91 Å². The minimum atomic E-state index is -0.0969. The Balaban J connectivity index is 1.66. The third-order valence-corrected chi connectivity index (χ3v) is 5.13. The molecule has 7 nitrogen and oxygen atoms in total. The Kier molecular flexibility index (Phi) is 6.24. The standard InChI is InChI=1S/C20H27N5O2/c1-21-20(27)18-9-8-16(24(18)2)17-7-3-4-11-25(17)14-19(26)23-13-15-6-5-10-22-12-15/h5-6,8-10,12,17H,3-4,7,11,13-14H2,1-2H3,(H,21,27)(H,23,26). The zero-order valence-electron chi connectivity index (χ0n) is 15.9. The Morgan fingerprint density at radius 2 is 2.11 bits per heavy atom. The van der Waals surface area contributed by atoms with Crippen LogP contribution in [0.5, 0.6) is 0 Å². The van der Waals surface area contributed by atoms with Gasteiger partial charge in [0.25, 0.3) is 5.91 Å². The van der Waals surface area contributed by atoms with Crippen LogP contribution in [-0.2, 0) is 18.4 Å². The SMILES string of the molecule is CNC(=O)c1ccc(C2CCCCN2CC(=O)NCc2cccnc2)n1C. The normalized spacial score (nSPS) is 17.5. The lowest BCUT2D eigenvalue weighted by molar-refractivity contribution is -0.123. The van der Waals surface area contributed by atoms with Gasteiger partial charge in [-0.1, -0.05) is 12.5 Å². The molecule has 1 unspecified atom stereocenters. The van der Waals surface area contributed by atoms with Gasteiger partial charge in [-0.05, 0) is 43.1 Å². The Bertz CT molecular complexity index is 787. The summed E-state index contributed by atoms with van der Waals surface area (Å²) in [6.07, 6.45) is 6.67. The van der Waals surface area contributed by atoms with Crippen molar-refractivity contribution in [2.45, 2.75) is 31.8 Å². The molecular formula is C20H27N5O2. The molecule has 0 aromatic carbocycles.